The zero-order valence-corrected chi connectivity index (χ0v) is 13.6. The highest BCUT2D eigenvalue weighted by molar-refractivity contribution is 7.11. The van der Waals surface area contributed by atoms with Crippen molar-refractivity contribution in [2.24, 2.45) is 5.92 Å². The van der Waals surface area contributed by atoms with Gasteiger partial charge in [-0.3, -0.25) is 4.79 Å². The van der Waals surface area contributed by atoms with Gasteiger partial charge in [-0.2, -0.15) is 0 Å². The molecule has 120 valence electrons. The Balaban J connectivity index is 1.38. The largest absolute Gasteiger partial charge is 0.431 e. The Labute approximate surface area is 139 Å². The smallest absolute Gasteiger partial charge is 0.278 e. The summed E-state index contributed by atoms with van der Waals surface area (Å²) in [6.45, 7) is 3.35. The van der Waals surface area contributed by atoms with Crippen LogP contribution in [0.5, 0.6) is 10.9 Å². The normalized spacial score (nSPS) is 26.0. The number of aromatic nitrogens is 1. The van der Waals surface area contributed by atoms with E-state index in [4.69, 9.17) is 4.74 Å². The van der Waals surface area contributed by atoms with Gasteiger partial charge in [0.2, 0.25) is 0 Å². The lowest BCUT2D eigenvalue weighted by atomic mass is 9.84. The van der Waals surface area contributed by atoms with E-state index in [2.05, 4.69) is 15.2 Å². The summed E-state index contributed by atoms with van der Waals surface area (Å²) in [7, 11) is 0. The van der Waals surface area contributed by atoms with E-state index in [1.165, 1.54) is 37.3 Å². The summed E-state index contributed by atoms with van der Waals surface area (Å²) in [5, 5.41) is 5.67. The molecule has 6 heteroatoms. The molecule has 3 aliphatic heterocycles. The second kappa shape index (κ2) is 6.29. The maximum absolute atomic E-state index is 12.4. The zero-order chi connectivity index (χ0) is 15.6. The maximum atomic E-state index is 12.4. The number of carbonyl (C=O) groups excluding carboxylic acids is 1. The molecule has 0 aliphatic carbocycles. The lowest BCUT2D eigenvalue weighted by Crippen LogP contribution is -2.57. The lowest BCUT2D eigenvalue weighted by Gasteiger charge is -2.44. The summed E-state index contributed by atoms with van der Waals surface area (Å²) in [5.74, 6) is 1.33. The molecule has 4 heterocycles. The molecule has 0 saturated carbocycles. The highest BCUT2D eigenvalue weighted by Gasteiger charge is 2.34. The molecule has 3 fully saturated rings. The zero-order valence-electron chi connectivity index (χ0n) is 12.8. The minimum absolute atomic E-state index is 0.00421. The third kappa shape index (κ3) is 3.23. The Morgan fingerprint density at radius 2 is 2.04 bits per heavy atom. The number of hydrogen-bond donors (Lipinski definition) is 1. The first kappa shape index (κ1) is 14.7. The average Bonchev–Trinajstić information content (AvgIpc) is 3.09. The van der Waals surface area contributed by atoms with Gasteiger partial charge in [-0.15, -0.1) is 0 Å². The second-order valence-corrected chi connectivity index (χ2v) is 7.00. The van der Waals surface area contributed by atoms with E-state index in [1.807, 2.05) is 17.5 Å². The van der Waals surface area contributed by atoms with E-state index in [0.717, 1.165) is 6.54 Å². The summed E-state index contributed by atoms with van der Waals surface area (Å²) in [5.41, 5.74) is 0.674. The number of nitrogens with one attached hydrogen (secondary N) is 1. The summed E-state index contributed by atoms with van der Waals surface area (Å²) >= 11 is 1.44. The maximum Gasteiger partial charge on any atom is 0.278 e. The fraction of sp³-hybridized carbons (Fsp3) is 0.412. The molecule has 3 aliphatic rings. The van der Waals surface area contributed by atoms with Crippen LogP contribution in [0.3, 0.4) is 0 Å². The van der Waals surface area contributed by atoms with Crippen molar-refractivity contribution in [3.63, 3.8) is 0 Å². The Bertz CT molecular complexity index is 664. The molecule has 3 saturated heterocycles. The van der Waals surface area contributed by atoms with Crippen LogP contribution in [0.15, 0.2) is 35.8 Å². The molecule has 1 aromatic heterocycles. The number of nitrogens with zero attached hydrogens (tertiary/aromatic N) is 2. The fourth-order valence-corrected chi connectivity index (χ4v) is 3.92. The lowest BCUT2D eigenvalue weighted by molar-refractivity contribution is 0.0620. The summed E-state index contributed by atoms with van der Waals surface area (Å²) in [6, 6.07) is 7.52. The second-order valence-electron chi connectivity index (χ2n) is 6.14. The highest BCUT2D eigenvalue weighted by Crippen LogP contribution is 2.28. The molecule has 5 nitrogen and oxygen atoms in total. The number of ether oxygens (including phenoxy) is 1. The van der Waals surface area contributed by atoms with E-state index >= 15 is 0 Å². The van der Waals surface area contributed by atoms with Gasteiger partial charge in [-0.1, -0.05) is 11.3 Å². The minimum Gasteiger partial charge on any atom is -0.431 e. The molecule has 1 aromatic carbocycles. The van der Waals surface area contributed by atoms with Crippen molar-refractivity contribution in [1.29, 1.82) is 0 Å². The van der Waals surface area contributed by atoms with Crippen LogP contribution in [0.2, 0.25) is 0 Å². The Kier molecular flexibility index (Phi) is 4.01. The monoisotopic (exact) mass is 329 g/mol. The van der Waals surface area contributed by atoms with Gasteiger partial charge in [0.15, 0.2) is 0 Å². The van der Waals surface area contributed by atoms with Crippen LogP contribution in [-0.4, -0.2) is 41.5 Å². The van der Waals surface area contributed by atoms with Gasteiger partial charge < -0.3 is 15.0 Å². The summed E-state index contributed by atoms with van der Waals surface area (Å²) < 4.78 is 5.61. The minimum atomic E-state index is 0.00421. The van der Waals surface area contributed by atoms with Gasteiger partial charge in [0.05, 0.1) is 0 Å². The van der Waals surface area contributed by atoms with E-state index in [0.29, 0.717) is 22.4 Å². The van der Waals surface area contributed by atoms with Gasteiger partial charge in [-0.25, -0.2) is 4.98 Å². The van der Waals surface area contributed by atoms with Gasteiger partial charge in [0, 0.05) is 29.7 Å². The van der Waals surface area contributed by atoms with Gasteiger partial charge in [-0.05, 0) is 56.1 Å². The molecular weight excluding hydrogens is 310 g/mol. The number of hydrogen-bond acceptors (Lipinski definition) is 5. The first-order chi connectivity index (χ1) is 11.3. The number of benzene rings is 1. The summed E-state index contributed by atoms with van der Waals surface area (Å²) in [6.07, 6.45) is 4.10. The van der Waals surface area contributed by atoms with Crippen molar-refractivity contribution in [2.45, 2.75) is 18.9 Å². The van der Waals surface area contributed by atoms with E-state index in [-0.39, 0.29) is 11.9 Å². The molecule has 5 rings (SSSR count). The number of fused-ring (bicyclic) bond motifs is 3. The highest BCUT2D eigenvalue weighted by atomic mass is 32.1. The number of carbonyl (C=O) groups is 1. The first-order valence-electron chi connectivity index (χ1n) is 7.98. The van der Waals surface area contributed by atoms with Crippen LogP contribution in [-0.2, 0) is 0 Å². The van der Waals surface area contributed by atoms with Crippen LogP contribution in [0.1, 0.15) is 23.2 Å². The van der Waals surface area contributed by atoms with Crippen molar-refractivity contribution in [3.8, 4) is 10.9 Å². The molecule has 1 amide bonds. The van der Waals surface area contributed by atoms with Crippen molar-refractivity contribution in [2.75, 3.05) is 19.6 Å². The Morgan fingerprint density at radius 1 is 1.26 bits per heavy atom. The van der Waals surface area contributed by atoms with E-state index in [9.17, 15) is 4.79 Å². The third-order valence-electron chi connectivity index (χ3n) is 4.70. The number of piperidine rings is 3. The van der Waals surface area contributed by atoms with Gasteiger partial charge in [0.1, 0.15) is 5.75 Å². The topological polar surface area (TPSA) is 54.5 Å². The van der Waals surface area contributed by atoms with Crippen LogP contribution in [0.4, 0.5) is 0 Å². The molecule has 0 unspecified atom stereocenters. The van der Waals surface area contributed by atoms with Crippen LogP contribution in [0, 0.1) is 5.92 Å². The van der Waals surface area contributed by atoms with E-state index in [1.54, 1.807) is 18.3 Å². The van der Waals surface area contributed by atoms with Gasteiger partial charge in [0.25, 0.3) is 11.1 Å². The third-order valence-corrected chi connectivity index (χ3v) is 5.35. The predicted octanol–water partition coefficient (Wildman–Crippen LogP) is 2.76. The molecule has 2 bridgehead atoms. The molecule has 1 atom stereocenters. The molecule has 2 aromatic rings. The SMILES string of the molecule is O=C(N[C@H]1CN2CCC1CC2)c1ccc(Oc2nccs2)cc1. The standard InChI is InChI=1S/C17H19N3O2S/c21-16(19-15-11-20-8-5-12(15)6-9-20)13-1-3-14(4-2-13)22-17-18-7-10-23-17/h1-4,7,10,12,15H,5-6,8-9,11H2,(H,19,21)/t15-/m0/s1. The average molecular weight is 329 g/mol. The number of thiazole rings is 1. The fourth-order valence-electron chi connectivity index (χ4n) is 3.42. The van der Waals surface area contributed by atoms with Crippen molar-refractivity contribution in [1.82, 2.24) is 15.2 Å². The first-order valence-corrected chi connectivity index (χ1v) is 8.86. The molecular formula is C17H19N3O2S. The summed E-state index contributed by atoms with van der Waals surface area (Å²) in [4.78, 5) is 19.0. The Hall–Kier alpha value is -1.92. The molecule has 0 radical (unpaired) electrons. The van der Waals surface area contributed by atoms with Crippen molar-refractivity contribution in [3.05, 3.63) is 41.4 Å². The number of amides is 1. The van der Waals surface area contributed by atoms with Crippen molar-refractivity contribution >= 4 is 17.2 Å². The quantitative estimate of drug-likeness (QED) is 0.937. The predicted molar refractivity (Wildman–Crippen MR) is 89.0 cm³/mol. The van der Waals surface area contributed by atoms with E-state index < -0.39 is 0 Å². The van der Waals surface area contributed by atoms with Crippen LogP contribution >= 0.6 is 11.3 Å². The molecule has 0 spiro atoms. The van der Waals surface area contributed by atoms with Crippen LogP contribution in [0.25, 0.3) is 0 Å². The van der Waals surface area contributed by atoms with Crippen LogP contribution < -0.4 is 10.1 Å². The van der Waals surface area contributed by atoms with Crippen molar-refractivity contribution < 1.29 is 9.53 Å². The number of rotatable bonds is 4. The van der Waals surface area contributed by atoms with Gasteiger partial charge >= 0.3 is 0 Å². The molecule has 23 heavy (non-hydrogen) atoms. The molecule has 1 N–H and O–H groups in total. The Morgan fingerprint density at radius 3 is 2.65 bits per heavy atom.